The Hall–Kier alpha value is -2.80. The highest BCUT2D eigenvalue weighted by Gasteiger charge is 2.31. The van der Waals surface area contributed by atoms with Crippen LogP contribution in [0.3, 0.4) is 0 Å². The fourth-order valence-corrected chi connectivity index (χ4v) is 3.89. The summed E-state index contributed by atoms with van der Waals surface area (Å²) in [6.45, 7) is 4.44. The fourth-order valence-electron chi connectivity index (χ4n) is 2.93. The Balaban J connectivity index is 1.71. The maximum atomic E-state index is 13.3. The number of para-hydroxylation sites is 2. The van der Waals surface area contributed by atoms with Gasteiger partial charge in [0.1, 0.15) is 16.7 Å². The zero-order valence-corrected chi connectivity index (χ0v) is 15.4. The third kappa shape index (κ3) is 2.94. The van der Waals surface area contributed by atoms with Crippen LogP contribution in [0.2, 0.25) is 0 Å². The van der Waals surface area contributed by atoms with E-state index < -0.39 is 0 Å². The standard InChI is InChI=1S/C19H18N4O2S/c1-3-13-11-23(14-7-4-5-8-15(14)25-13)19(24)16-12(2)22-18(26-16)17-20-9-6-10-21-17/h4-10,13H,3,11H2,1-2H3. The van der Waals surface area contributed by atoms with Crippen molar-refractivity contribution in [1.29, 1.82) is 0 Å². The molecule has 0 spiro atoms. The monoisotopic (exact) mass is 366 g/mol. The number of aryl methyl sites for hydroxylation is 1. The van der Waals surface area contributed by atoms with E-state index in [4.69, 9.17) is 4.74 Å². The molecule has 3 heterocycles. The van der Waals surface area contributed by atoms with Gasteiger partial charge in [-0.3, -0.25) is 4.79 Å². The predicted octanol–water partition coefficient (Wildman–Crippen LogP) is 3.73. The van der Waals surface area contributed by atoms with Crippen molar-refractivity contribution in [2.75, 3.05) is 11.4 Å². The summed E-state index contributed by atoms with van der Waals surface area (Å²) in [6, 6.07) is 9.41. The van der Waals surface area contributed by atoms with Gasteiger partial charge < -0.3 is 9.64 Å². The number of anilines is 1. The van der Waals surface area contributed by atoms with Gasteiger partial charge in [-0.1, -0.05) is 19.1 Å². The van der Waals surface area contributed by atoms with Crippen LogP contribution >= 0.6 is 11.3 Å². The third-order valence-electron chi connectivity index (χ3n) is 4.28. The van der Waals surface area contributed by atoms with Gasteiger partial charge in [0.15, 0.2) is 10.8 Å². The Labute approximate surface area is 155 Å². The number of aromatic nitrogens is 3. The van der Waals surface area contributed by atoms with E-state index in [0.29, 0.717) is 27.9 Å². The predicted molar refractivity (Wildman–Crippen MR) is 101 cm³/mol. The molecule has 1 amide bonds. The molecular formula is C19H18N4O2S. The second-order valence-corrected chi connectivity index (χ2v) is 7.04. The zero-order chi connectivity index (χ0) is 18.1. The minimum absolute atomic E-state index is 0.0148. The summed E-state index contributed by atoms with van der Waals surface area (Å²) in [5.74, 6) is 1.22. The van der Waals surface area contributed by atoms with Gasteiger partial charge in [-0.05, 0) is 31.5 Å². The molecule has 1 aromatic carbocycles. The molecule has 0 saturated heterocycles. The van der Waals surface area contributed by atoms with E-state index in [9.17, 15) is 4.79 Å². The minimum Gasteiger partial charge on any atom is -0.486 e. The first-order valence-corrected chi connectivity index (χ1v) is 9.31. The van der Waals surface area contributed by atoms with Crippen LogP contribution in [0.1, 0.15) is 28.7 Å². The summed E-state index contributed by atoms with van der Waals surface area (Å²) in [5.41, 5.74) is 1.49. The number of ether oxygens (including phenoxy) is 1. The normalized spacial score (nSPS) is 16.1. The van der Waals surface area contributed by atoms with Crippen LogP contribution in [0.25, 0.3) is 10.8 Å². The summed E-state index contributed by atoms with van der Waals surface area (Å²) in [4.78, 5) is 28.7. The molecule has 0 bridgehead atoms. The molecular weight excluding hydrogens is 348 g/mol. The zero-order valence-electron chi connectivity index (χ0n) is 14.5. The third-order valence-corrected chi connectivity index (χ3v) is 5.43. The van der Waals surface area contributed by atoms with Gasteiger partial charge in [-0.25, -0.2) is 15.0 Å². The molecule has 3 aromatic rings. The topological polar surface area (TPSA) is 68.2 Å². The van der Waals surface area contributed by atoms with Crippen molar-refractivity contribution in [3.63, 3.8) is 0 Å². The van der Waals surface area contributed by atoms with Crippen molar-refractivity contribution in [2.45, 2.75) is 26.4 Å². The highest BCUT2D eigenvalue weighted by Crippen LogP contribution is 2.36. The molecule has 2 aromatic heterocycles. The van der Waals surface area contributed by atoms with E-state index in [-0.39, 0.29) is 12.0 Å². The van der Waals surface area contributed by atoms with Gasteiger partial charge in [-0.2, -0.15) is 0 Å². The van der Waals surface area contributed by atoms with Crippen LogP contribution in [0.5, 0.6) is 5.75 Å². The second-order valence-electron chi connectivity index (χ2n) is 6.04. The summed E-state index contributed by atoms with van der Waals surface area (Å²) < 4.78 is 5.98. The number of thiazole rings is 1. The maximum absolute atomic E-state index is 13.3. The first kappa shape index (κ1) is 16.7. The minimum atomic E-state index is -0.0589. The number of hydrogen-bond donors (Lipinski definition) is 0. The highest BCUT2D eigenvalue weighted by atomic mass is 32.1. The molecule has 4 rings (SSSR count). The lowest BCUT2D eigenvalue weighted by molar-refractivity contribution is 0.0957. The number of hydrogen-bond acceptors (Lipinski definition) is 6. The molecule has 0 saturated carbocycles. The average Bonchev–Trinajstić information content (AvgIpc) is 3.09. The number of amides is 1. The summed E-state index contributed by atoms with van der Waals surface area (Å²) >= 11 is 1.33. The number of rotatable bonds is 3. The number of carbonyl (C=O) groups is 1. The molecule has 1 unspecified atom stereocenters. The Bertz CT molecular complexity index is 942. The number of carbonyl (C=O) groups excluding carboxylic acids is 1. The van der Waals surface area contributed by atoms with E-state index in [1.165, 1.54) is 11.3 Å². The van der Waals surface area contributed by atoms with Crippen LogP contribution in [0.15, 0.2) is 42.7 Å². The Morgan fingerprint density at radius 3 is 2.81 bits per heavy atom. The lowest BCUT2D eigenvalue weighted by Gasteiger charge is -2.34. The van der Waals surface area contributed by atoms with Crippen molar-refractivity contribution in [3.05, 3.63) is 53.3 Å². The Morgan fingerprint density at radius 1 is 1.27 bits per heavy atom. The van der Waals surface area contributed by atoms with E-state index in [0.717, 1.165) is 17.9 Å². The lowest BCUT2D eigenvalue weighted by atomic mass is 10.1. The first-order chi connectivity index (χ1) is 12.7. The number of fused-ring (bicyclic) bond motifs is 1. The van der Waals surface area contributed by atoms with Gasteiger partial charge in [0.2, 0.25) is 0 Å². The van der Waals surface area contributed by atoms with Crippen LogP contribution in [-0.2, 0) is 0 Å². The number of benzene rings is 1. The Morgan fingerprint density at radius 2 is 2.04 bits per heavy atom. The fraction of sp³-hybridized carbons (Fsp3) is 0.263. The van der Waals surface area contributed by atoms with Crippen LogP contribution in [-0.4, -0.2) is 33.5 Å². The molecule has 0 fully saturated rings. The molecule has 7 heteroatoms. The SMILES string of the molecule is CCC1CN(C(=O)c2sc(-c3ncccn3)nc2C)c2ccccc2O1. The van der Waals surface area contributed by atoms with Gasteiger partial charge in [0.05, 0.1) is 17.9 Å². The molecule has 0 aliphatic carbocycles. The van der Waals surface area contributed by atoms with E-state index in [1.54, 1.807) is 23.4 Å². The number of nitrogens with zero attached hydrogens (tertiary/aromatic N) is 4. The van der Waals surface area contributed by atoms with Crippen molar-refractivity contribution >= 4 is 22.9 Å². The molecule has 26 heavy (non-hydrogen) atoms. The quantitative estimate of drug-likeness (QED) is 0.706. The molecule has 0 radical (unpaired) electrons. The van der Waals surface area contributed by atoms with E-state index in [1.807, 2.05) is 31.2 Å². The molecule has 6 nitrogen and oxygen atoms in total. The second kappa shape index (κ2) is 6.84. The molecule has 0 N–H and O–H groups in total. The smallest absolute Gasteiger partial charge is 0.270 e. The summed E-state index contributed by atoms with van der Waals surface area (Å²) in [6.07, 6.45) is 4.16. The van der Waals surface area contributed by atoms with Crippen LogP contribution in [0.4, 0.5) is 5.69 Å². The van der Waals surface area contributed by atoms with Crippen molar-refractivity contribution < 1.29 is 9.53 Å². The maximum Gasteiger partial charge on any atom is 0.270 e. The Kier molecular flexibility index (Phi) is 4.38. The largest absolute Gasteiger partial charge is 0.486 e. The lowest BCUT2D eigenvalue weighted by Crippen LogP contribution is -2.43. The van der Waals surface area contributed by atoms with E-state index >= 15 is 0 Å². The van der Waals surface area contributed by atoms with E-state index in [2.05, 4.69) is 21.9 Å². The molecule has 1 aliphatic heterocycles. The van der Waals surface area contributed by atoms with Gasteiger partial charge >= 0.3 is 0 Å². The molecule has 1 aliphatic rings. The molecule has 1 atom stereocenters. The summed E-state index contributed by atoms with van der Waals surface area (Å²) in [7, 11) is 0. The van der Waals surface area contributed by atoms with Crippen LogP contribution in [0, 0.1) is 6.92 Å². The van der Waals surface area contributed by atoms with Gasteiger partial charge in [-0.15, -0.1) is 11.3 Å². The van der Waals surface area contributed by atoms with Gasteiger partial charge in [0.25, 0.3) is 5.91 Å². The molecule has 132 valence electrons. The van der Waals surface area contributed by atoms with Crippen molar-refractivity contribution in [1.82, 2.24) is 15.0 Å². The van der Waals surface area contributed by atoms with Gasteiger partial charge in [0, 0.05) is 12.4 Å². The highest BCUT2D eigenvalue weighted by molar-refractivity contribution is 7.17. The van der Waals surface area contributed by atoms with Crippen molar-refractivity contribution in [2.24, 2.45) is 0 Å². The first-order valence-electron chi connectivity index (χ1n) is 8.49. The average molecular weight is 366 g/mol. The summed E-state index contributed by atoms with van der Waals surface area (Å²) in [5, 5.41) is 0.653. The van der Waals surface area contributed by atoms with Crippen LogP contribution < -0.4 is 9.64 Å². The van der Waals surface area contributed by atoms with Crippen molar-refractivity contribution in [3.8, 4) is 16.6 Å².